The van der Waals surface area contributed by atoms with Gasteiger partial charge in [0.25, 0.3) is 0 Å². The summed E-state index contributed by atoms with van der Waals surface area (Å²) in [6.45, 7) is 6.20. The van der Waals surface area contributed by atoms with Crippen LogP contribution in [-0.4, -0.2) is 87.4 Å². The van der Waals surface area contributed by atoms with Crippen LogP contribution in [0.2, 0.25) is 0 Å². The van der Waals surface area contributed by atoms with E-state index in [9.17, 15) is 21.6 Å². The fourth-order valence-electron chi connectivity index (χ4n) is 4.39. The van der Waals surface area contributed by atoms with Crippen molar-refractivity contribution in [1.82, 2.24) is 14.6 Å². The minimum absolute atomic E-state index is 0.151. The first-order valence-electron chi connectivity index (χ1n) is 10.8. The van der Waals surface area contributed by atoms with Crippen LogP contribution < -0.4 is 10.2 Å². The summed E-state index contributed by atoms with van der Waals surface area (Å²) >= 11 is 0. The van der Waals surface area contributed by atoms with Gasteiger partial charge in [-0.15, -0.1) is 0 Å². The molecule has 0 bridgehead atoms. The van der Waals surface area contributed by atoms with Crippen LogP contribution in [0.4, 0.5) is 19.0 Å². The van der Waals surface area contributed by atoms with E-state index in [-0.39, 0.29) is 5.41 Å². The third-order valence-corrected chi connectivity index (χ3v) is 8.06. The van der Waals surface area contributed by atoms with Gasteiger partial charge in [0.1, 0.15) is 10.7 Å². The van der Waals surface area contributed by atoms with Crippen LogP contribution in [0.3, 0.4) is 0 Å². The van der Waals surface area contributed by atoms with Gasteiger partial charge in [-0.3, -0.25) is 0 Å². The molecule has 3 aliphatic rings. The number of carbonyl (C=O) groups is 1. The molecule has 4 heterocycles. The monoisotopic (exact) mass is 494 g/mol. The number of morpholine rings is 1. The summed E-state index contributed by atoms with van der Waals surface area (Å²) in [4.78, 5) is 15.8. The number of rotatable bonds is 3. The van der Waals surface area contributed by atoms with E-state index >= 15 is 0 Å². The molecule has 9 nitrogen and oxygen atoms in total. The van der Waals surface area contributed by atoms with Crippen LogP contribution >= 0.6 is 0 Å². The Labute approximate surface area is 191 Å². The maximum Gasteiger partial charge on any atom is 0.490 e. The van der Waals surface area contributed by atoms with E-state index in [2.05, 4.69) is 15.2 Å². The first kappa shape index (κ1) is 25.7. The van der Waals surface area contributed by atoms with Gasteiger partial charge in [-0.05, 0) is 56.3 Å². The van der Waals surface area contributed by atoms with Crippen LogP contribution in [0, 0.1) is 5.41 Å². The van der Waals surface area contributed by atoms with Gasteiger partial charge in [-0.1, -0.05) is 0 Å². The zero-order valence-corrected chi connectivity index (χ0v) is 19.0. The van der Waals surface area contributed by atoms with Crippen molar-refractivity contribution in [1.29, 1.82) is 0 Å². The van der Waals surface area contributed by atoms with E-state index in [1.165, 1.54) is 6.20 Å². The molecule has 33 heavy (non-hydrogen) atoms. The van der Waals surface area contributed by atoms with E-state index in [0.29, 0.717) is 31.2 Å². The molecule has 1 aromatic rings. The van der Waals surface area contributed by atoms with Gasteiger partial charge in [0.15, 0.2) is 0 Å². The summed E-state index contributed by atoms with van der Waals surface area (Å²) in [5.74, 6) is -1.94. The highest BCUT2D eigenvalue weighted by atomic mass is 32.2. The zero-order chi connectivity index (χ0) is 24.1. The molecule has 13 heteroatoms. The lowest BCUT2D eigenvalue weighted by molar-refractivity contribution is -0.192. The smallest absolute Gasteiger partial charge is 0.475 e. The lowest BCUT2D eigenvalue weighted by Crippen LogP contribution is -2.50. The molecule has 3 saturated heterocycles. The number of carboxylic acids is 1. The van der Waals surface area contributed by atoms with Crippen LogP contribution in [0.15, 0.2) is 23.2 Å². The molecular formula is C20H29F3N4O5S. The number of alkyl halides is 3. The molecule has 1 aromatic heterocycles. The Morgan fingerprint density at radius 3 is 2.30 bits per heavy atom. The number of hydrogen-bond acceptors (Lipinski definition) is 7. The number of pyridine rings is 1. The molecule has 0 saturated carbocycles. The van der Waals surface area contributed by atoms with Gasteiger partial charge in [0.2, 0.25) is 10.0 Å². The Morgan fingerprint density at radius 2 is 1.76 bits per heavy atom. The number of sulfonamides is 1. The SMILES string of the molecule is O=C(O)C(F)(F)F.O=S(=O)(c1ccc(N2CCOCC2)nc1)N1CCCC2(CCNCC2)C1. The number of aliphatic carboxylic acids is 1. The number of piperidine rings is 2. The molecule has 0 unspecified atom stereocenters. The van der Waals surface area contributed by atoms with E-state index in [1.807, 2.05) is 6.07 Å². The van der Waals surface area contributed by atoms with Crippen molar-refractivity contribution >= 4 is 21.8 Å². The normalized spacial score (nSPS) is 21.8. The number of aromatic nitrogens is 1. The Morgan fingerprint density at radius 1 is 1.12 bits per heavy atom. The molecule has 4 rings (SSSR count). The lowest BCUT2D eigenvalue weighted by Gasteiger charge is -2.44. The molecule has 1 spiro atoms. The maximum atomic E-state index is 13.1. The standard InChI is InChI=1S/C18H28N4O3S.C2HF3O2/c23-26(24,22-9-1-4-18(15-22)5-7-19-8-6-18)16-2-3-17(20-14-16)21-10-12-25-13-11-21;3-2(4,5)1(6)7/h2-3,14,19H,1,4-13,15H2;(H,6,7). The van der Waals surface area contributed by atoms with Crippen molar-refractivity contribution < 1.29 is 36.2 Å². The molecule has 0 radical (unpaired) electrons. The van der Waals surface area contributed by atoms with Crippen LogP contribution in [0.25, 0.3) is 0 Å². The first-order valence-corrected chi connectivity index (χ1v) is 12.3. The second kappa shape index (κ2) is 10.5. The van der Waals surface area contributed by atoms with Crippen LogP contribution in [0.1, 0.15) is 25.7 Å². The number of carboxylic acid groups (broad SMARTS) is 1. The van der Waals surface area contributed by atoms with Gasteiger partial charge >= 0.3 is 12.1 Å². The van der Waals surface area contributed by atoms with E-state index in [1.54, 1.807) is 10.4 Å². The van der Waals surface area contributed by atoms with Gasteiger partial charge in [-0.2, -0.15) is 17.5 Å². The summed E-state index contributed by atoms with van der Waals surface area (Å²) in [5.41, 5.74) is 0.151. The molecule has 0 aliphatic carbocycles. The summed E-state index contributed by atoms with van der Waals surface area (Å²) < 4.78 is 65.1. The second-order valence-electron chi connectivity index (χ2n) is 8.45. The summed E-state index contributed by atoms with van der Waals surface area (Å²) in [5, 5.41) is 10.5. The van der Waals surface area contributed by atoms with E-state index in [0.717, 1.165) is 57.7 Å². The number of halogens is 3. The van der Waals surface area contributed by atoms with Gasteiger partial charge in [0.05, 0.1) is 13.2 Å². The average molecular weight is 495 g/mol. The van der Waals surface area contributed by atoms with Crippen molar-refractivity contribution in [2.45, 2.75) is 36.8 Å². The number of nitrogens with one attached hydrogen (secondary N) is 1. The van der Waals surface area contributed by atoms with Gasteiger partial charge < -0.3 is 20.1 Å². The first-order chi connectivity index (χ1) is 15.5. The zero-order valence-electron chi connectivity index (χ0n) is 18.2. The second-order valence-corrected chi connectivity index (χ2v) is 10.4. The predicted molar refractivity (Wildman–Crippen MR) is 113 cm³/mol. The van der Waals surface area contributed by atoms with E-state index < -0.39 is 22.2 Å². The Hall–Kier alpha value is -1.96. The third kappa shape index (κ3) is 6.55. The molecule has 0 amide bonds. The largest absolute Gasteiger partial charge is 0.490 e. The molecular weight excluding hydrogens is 465 g/mol. The van der Waals surface area contributed by atoms with Crippen molar-refractivity contribution in [2.24, 2.45) is 5.41 Å². The number of nitrogens with zero attached hydrogens (tertiary/aromatic N) is 3. The number of ether oxygens (including phenoxy) is 1. The Bertz CT molecular complexity index is 894. The summed E-state index contributed by atoms with van der Waals surface area (Å²) in [6.07, 6.45) is 0.637. The molecule has 186 valence electrons. The summed E-state index contributed by atoms with van der Waals surface area (Å²) in [6, 6.07) is 3.53. The lowest BCUT2D eigenvalue weighted by atomic mass is 9.73. The molecule has 3 aliphatic heterocycles. The maximum absolute atomic E-state index is 13.1. The van der Waals surface area contributed by atoms with Crippen molar-refractivity contribution in [2.75, 3.05) is 57.4 Å². The molecule has 0 aromatic carbocycles. The van der Waals surface area contributed by atoms with Crippen LogP contribution in [-0.2, 0) is 19.6 Å². The molecule has 2 N–H and O–H groups in total. The Balaban J connectivity index is 0.000000383. The predicted octanol–water partition coefficient (Wildman–Crippen LogP) is 1.71. The number of hydrogen-bond donors (Lipinski definition) is 2. The molecule has 3 fully saturated rings. The minimum atomic E-state index is -5.08. The highest BCUT2D eigenvalue weighted by molar-refractivity contribution is 7.89. The third-order valence-electron chi connectivity index (χ3n) is 6.23. The van der Waals surface area contributed by atoms with Crippen molar-refractivity contribution in [3.8, 4) is 0 Å². The van der Waals surface area contributed by atoms with Crippen molar-refractivity contribution in [3.63, 3.8) is 0 Å². The van der Waals surface area contributed by atoms with Crippen molar-refractivity contribution in [3.05, 3.63) is 18.3 Å². The fraction of sp³-hybridized carbons (Fsp3) is 0.700. The highest BCUT2D eigenvalue weighted by Crippen LogP contribution is 2.39. The van der Waals surface area contributed by atoms with Crippen LogP contribution in [0.5, 0.6) is 0 Å². The minimum Gasteiger partial charge on any atom is -0.475 e. The fourth-order valence-corrected chi connectivity index (χ4v) is 5.92. The van der Waals surface area contributed by atoms with Gasteiger partial charge in [0, 0.05) is 32.4 Å². The topological polar surface area (TPSA) is 112 Å². The van der Waals surface area contributed by atoms with Gasteiger partial charge in [-0.25, -0.2) is 18.2 Å². The average Bonchev–Trinajstić information content (AvgIpc) is 2.80. The highest BCUT2D eigenvalue weighted by Gasteiger charge is 2.41. The Kier molecular flexibility index (Phi) is 8.19. The van der Waals surface area contributed by atoms with E-state index in [4.69, 9.17) is 14.6 Å². The summed E-state index contributed by atoms with van der Waals surface area (Å²) in [7, 11) is -3.48. The quantitative estimate of drug-likeness (QED) is 0.653. The molecule has 0 atom stereocenters. The number of anilines is 1.